The molecule has 29 heavy (non-hydrogen) atoms. The molecule has 1 saturated heterocycles. The minimum atomic E-state index is -3.62. The van der Waals surface area contributed by atoms with Crippen molar-refractivity contribution in [3.63, 3.8) is 0 Å². The van der Waals surface area contributed by atoms with Gasteiger partial charge >= 0.3 is 0 Å². The Morgan fingerprint density at radius 1 is 1.28 bits per heavy atom. The summed E-state index contributed by atoms with van der Waals surface area (Å²) < 4.78 is 27.2. The molecule has 8 heteroatoms. The van der Waals surface area contributed by atoms with Crippen molar-refractivity contribution in [2.75, 3.05) is 19.6 Å². The molecule has 1 atom stereocenters. The van der Waals surface area contributed by atoms with E-state index in [0.29, 0.717) is 18.0 Å². The van der Waals surface area contributed by atoms with Gasteiger partial charge in [-0.15, -0.1) is 11.3 Å². The third kappa shape index (κ3) is 6.37. The molecule has 1 aromatic heterocycles. The Labute approximate surface area is 177 Å². The number of carbonyl (C=O) groups excluding carboxylic acids is 1. The zero-order valence-corrected chi connectivity index (χ0v) is 18.6. The Morgan fingerprint density at radius 2 is 2.10 bits per heavy atom. The molecule has 2 N–H and O–H groups in total. The number of hydrogen-bond donors (Lipinski definition) is 2. The number of amides is 1. The summed E-state index contributed by atoms with van der Waals surface area (Å²) in [5.74, 6) is 0.171. The molecule has 3 rings (SSSR count). The van der Waals surface area contributed by atoms with Gasteiger partial charge in [0.25, 0.3) is 5.91 Å². The summed E-state index contributed by atoms with van der Waals surface area (Å²) >= 11 is 1.77. The summed E-state index contributed by atoms with van der Waals surface area (Å²) in [6.45, 7) is 7.14. The van der Waals surface area contributed by atoms with Crippen LogP contribution in [0.25, 0.3) is 0 Å². The average molecular weight is 436 g/mol. The van der Waals surface area contributed by atoms with Crippen LogP contribution in [-0.4, -0.2) is 44.9 Å². The van der Waals surface area contributed by atoms with Gasteiger partial charge in [0.1, 0.15) is 0 Å². The highest BCUT2D eigenvalue weighted by Gasteiger charge is 2.22. The van der Waals surface area contributed by atoms with Crippen molar-refractivity contribution < 1.29 is 13.2 Å². The highest BCUT2D eigenvalue weighted by Crippen LogP contribution is 2.20. The maximum absolute atomic E-state index is 12.6. The monoisotopic (exact) mass is 435 g/mol. The summed E-state index contributed by atoms with van der Waals surface area (Å²) in [7, 11) is -3.62. The fraction of sp³-hybridized carbons (Fsp3) is 0.476. The first kappa shape index (κ1) is 22.0. The van der Waals surface area contributed by atoms with Crippen molar-refractivity contribution in [1.82, 2.24) is 14.9 Å². The van der Waals surface area contributed by atoms with Gasteiger partial charge in [-0.1, -0.05) is 12.1 Å². The molecule has 0 aliphatic carbocycles. The van der Waals surface area contributed by atoms with Crippen LogP contribution in [0.4, 0.5) is 0 Å². The summed E-state index contributed by atoms with van der Waals surface area (Å²) in [4.78, 5) is 16.5. The third-order valence-electron chi connectivity index (χ3n) is 4.91. The molecule has 2 heterocycles. The lowest BCUT2D eigenvalue weighted by molar-refractivity contribution is 0.0930. The molecule has 1 aliphatic heterocycles. The van der Waals surface area contributed by atoms with Crippen molar-refractivity contribution in [1.29, 1.82) is 0 Å². The lowest BCUT2D eigenvalue weighted by atomic mass is 9.98. The maximum Gasteiger partial charge on any atom is 0.251 e. The van der Waals surface area contributed by atoms with Gasteiger partial charge in [-0.25, -0.2) is 13.1 Å². The van der Waals surface area contributed by atoms with Crippen LogP contribution >= 0.6 is 11.3 Å². The Kier molecular flexibility index (Phi) is 7.45. The van der Waals surface area contributed by atoms with Gasteiger partial charge in [0.05, 0.1) is 4.90 Å². The number of nitrogens with one attached hydrogen (secondary N) is 2. The highest BCUT2D eigenvalue weighted by molar-refractivity contribution is 7.89. The number of hydrogen-bond acceptors (Lipinski definition) is 5. The summed E-state index contributed by atoms with van der Waals surface area (Å²) in [6, 6.07) is 10.2. The molecule has 1 amide bonds. The molecular formula is C21H29N3O3S2. The molecule has 1 aliphatic rings. The Bertz CT molecular complexity index is 911. The number of likely N-dealkylation sites (tertiary alicyclic amines) is 1. The maximum atomic E-state index is 12.6. The van der Waals surface area contributed by atoms with E-state index < -0.39 is 10.0 Å². The predicted octanol–water partition coefficient (Wildman–Crippen LogP) is 3.08. The molecule has 0 spiro atoms. The van der Waals surface area contributed by atoms with Crippen molar-refractivity contribution >= 4 is 27.3 Å². The molecule has 1 aromatic carbocycles. The normalized spacial score (nSPS) is 18.1. The number of sulfonamides is 1. The van der Waals surface area contributed by atoms with E-state index in [1.54, 1.807) is 37.3 Å². The molecule has 0 radical (unpaired) electrons. The predicted molar refractivity (Wildman–Crippen MR) is 117 cm³/mol. The summed E-state index contributed by atoms with van der Waals surface area (Å²) in [5, 5.41) is 5.09. The van der Waals surface area contributed by atoms with E-state index in [2.05, 4.69) is 32.5 Å². The average Bonchev–Trinajstić information content (AvgIpc) is 3.18. The van der Waals surface area contributed by atoms with Crippen LogP contribution in [-0.2, 0) is 16.6 Å². The van der Waals surface area contributed by atoms with Crippen LogP contribution in [0.5, 0.6) is 0 Å². The van der Waals surface area contributed by atoms with Crippen LogP contribution in [0.1, 0.15) is 41.9 Å². The first-order chi connectivity index (χ1) is 13.8. The SMILES string of the molecule is CC(C)NS(=O)(=O)c1cccc(C(=O)NCC2CCCN(Cc3cccs3)C2)c1. The van der Waals surface area contributed by atoms with Gasteiger partial charge in [-0.3, -0.25) is 9.69 Å². The summed E-state index contributed by atoms with van der Waals surface area (Å²) in [6.07, 6.45) is 2.22. The van der Waals surface area contributed by atoms with E-state index in [9.17, 15) is 13.2 Å². The summed E-state index contributed by atoms with van der Waals surface area (Å²) in [5.41, 5.74) is 0.364. The number of nitrogens with zero attached hydrogens (tertiary/aromatic N) is 1. The number of piperidine rings is 1. The molecule has 158 valence electrons. The fourth-order valence-corrected chi connectivity index (χ4v) is 5.65. The van der Waals surface area contributed by atoms with Crippen LogP contribution < -0.4 is 10.0 Å². The van der Waals surface area contributed by atoms with Crippen molar-refractivity contribution in [3.8, 4) is 0 Å². The second-order valence-corrected chi connectivity index (χ2v) is 10.6. The topological polar surface area (TPSA) is 78.5 Å². The lowest BCUT2D eigenvalue weighted by Gasteiger charge is -2.32. The van der Waals surface area contributed by atoms with E-state index in [1.807, 2.05) is 0 Å². The van der Waals surface area contributed by atoms with Gasteiger partial charge in [-0.05, 0) is 68.8 Å². The van der Waals surface area contributed by atoms with Crippen LogP contribution in [0, 0.1) is 5.92 Å². The number of benzene rings is 1. The highest BCUT2D eigenvalue weighted by atomic mass is 32.2. The van der Waals surface area contributed by atoms with Gasteiger partial charge in [0.2, 0.25) is 10.0 Å². The molecule has 1 fully saturated rings. The van der Waals surface area contributed by atoms with Crippen molar-refractivity contribution in [3.05, 3.63) is 52.2 Å². The third-order valence-corrected chi connectivity index (χ3v) is 7.43. The van der Waals surface area contributed by atoms with Gasteiger partial charge in [0, 0.05) is 36.1 Å². The van der Waals surface area contributed by atoms with Crippen molar-refractivity contribution in [2.45, 2.75) is 44.2 Å². The Balaban J connectivity index is 1.56. The minimum Gasteiger partial charge on any atom is -0.352 e. The second-order valence-electron chi connectivity index (χ2n) is 7.84. The van der Waals surface area contributed by atoms with Gasteiger partial charge in [-0.2, -0.15) is 0 Å². The second kappa shape index (κ2) is 9.84. The van der Waals surface area contributed by atoms with Crippen molar-refractivity contribution in [2.24, 2.45) is 5.92 Å². The minimum absolute atomic E-state index is 0.110. The first-order valence-electron chi connectivity index (χ1n) is 9.99. The van der Waals surface area contributed by atoms with E-state index >= 15 is 0 Å². The molecular weight excluding hydrogens is 406 g/mol. The lowest BCUT2D eigenvalue weighted by Crippen LogP contribution is -2.40. The Morgan fingerprint density at radius 3 is 2.83 bits per heavy atom. The van der Waals surface area contributed by atoms with Crippen LogP contribution in [0.2, 0.25) is 0 Å². The standard InChI is InChI=1S/C21H29N3O3S2/c1-16(2)23-29(26,27)20-9-3-7-18(12-20)21(25)22-13-17-6-4-10-24(14-17)15-19-8-5-11-28-19/h3,5,7-9,11-12,16-17,23H,4,6,10,13-15H2,1-2H3,(H,22,25). The molecule has 1 unspecified atom stereocenters. The first-order valence-corrected chi connectivity index (χ1v) is 12.3. The molecule has 6 nitrogen and oxygen atoms in total. The van der Waals surface area contributed by atoms with Crippen LogP contribution in [0.15, 0.2) is 46.7 Å². The van der Waals surface area contributed by atoms with E-state index in [0.717, 1.165) is 32.5 Å². The zero-order chi connectivity index (χ0) is 20.9. The van der Waals surface area contributed by atoms with Gasteiger partial charge in [0.15, 0.2) is 0 Å². The van der Waals surface area contributed by atoms with Gasteiger partial charge < -0.3 is 5.32 Å². The van der Waals surface area contributed by atoms with E-state index in [-0.39, 0.29) is 16.8 Å². The largest absolute Gasteiger partial charge is 0.352 e. The zero-order valence-electron chi connectivity index (χ0n) is 16.9. The van der Waals surface area contributed by atoms with E-state index in [4.69, 9.17) is 0 Å². The molecule has 0 bridgehead atoms. The number of carbonyl (C=O) groups is 1. The van der Waals surface area contributed by atoms with E-state index in [1.165, 1.54) is 17.0 Å². The smallest absolute Gasteiger partial charge is 0.251 e. The molecule has 0 saturated carbocycles. The number of thiophene rings is 1. The molecule has 2 aromatic rings. The number of rotatable bonds is 8. The van der Waals surface area contributed by atoms with Crippen LogP contribution in [0.3, 0.4) is 0 Å². The quantitative estimate of drug-likeness (QED) is 0.668. The fourth-order valence-electron chi connectivity index (χ4n) is 3.61. The Hall–Kier alpha value is -1.74.